The van der Waals surface area contributed by atoms with E-state index in [1.54, 1.807) is 6.26 Å². The van der Waals surface area contributed by atoms with Crippen molar-refractivity contribution in [1.82, 2.24) is 5.32 Å². The lowest BCUT2D eigenvalue weighted by molar-refractivity contribution is -0.891. The lowest BCUT2D eigenvalue weighted by Crippen LogP contribution is -3.07. The summed E-state index contributed by atoms with van der Waals surface area (Å²) in [4.78, 5) is 13.1. The van der Waals surface area contributed by atoms with Gasteiger partial charge < -0.3 is 19.4 Å². The van der Waals surface area contributed by atoms with Crippen LogP contribution in [-0.2, 0) is 4.79 Å². The van der Waals surface area contributed by atoms with Crippen molar-refractivity contribution < 1.29 is 18.8 Å². The molecule has 118 valence electrons. The summed E-state index contributed by atoms with van der Waals surface area (Å²) in [6.07, 6.45) is 1.64. The first-order valence-corrected chi connectivity index (χ1v) is 7.84. The van der Waals surface area contributed by atoms with Crippen LogP contribution >= 0.6 is 15.9 Å². The molecular weight excluding hydrogens is 348 g/mol. The van der Waals surface area contributed by atoms with Crippen molar-refractivity contribution in [2.24, 2.45) is 0 Å². The Morgan fingerprint density at radius 3 is 2.82 bits per heavy atom. The summed E-state index contributed by atoms with van der Waals surface area (Å²) >= 11 is 3.36. The Hall–Kier alpha value is -1.79. The second-order valence-electron chi connectivity index (χ2n) is 5.20. The van der Waals surface area contributed by atoms with E-state index >= 15 is 0 Å². The number of amides is 1. The molecule has 5 nitrogen and oxygen atoms in total. The minimum atomic E-state index is -0.155. The molecule has 0 aliphatic rings. The van der Waals surface area contributed by atoms with E-state index in [1.165, 1.54) is 4.90 Å². The van der Waals surface area contributed by atoms with E-state index in [0.717, 1.165) is 10.2 Å². The highest BCUT2D eigenvalue weighted by atomic mass is 79.9. The lowest BCUT2D eigenvalue weighted by atomic mass is 10.2. The van der Waals surface area contributed by atoms with Gasteiger partial charge >= 0.3 is 0 Å². The number of ether oxygens (including phenoxy) is 1. The van der Waals surface area contributed by atoms with Crippen LogP contribution in [0.4, 0.5) is 0 Å². The minimum Gasteiger partial charge on any atom is -0.484 e. The normalized spacial score (nSPS) is 12.2. The van der Waals surface area contributed by atoms with Crippen molar-refractivity contribution in [2.45, 2.75) is 6.04 Å². The molecule has 0 fully saturated rings. The molecular formula is C16H20BrN2O3+. The maximum Gasteiger partial charge on any atom is 0.258 e. The van der Waals surface area contributed by atoms with Gasteiger partial charge in [-0.15, -0.1) is 0 Å². The van der Waals surface area contributed by atoms with Crippen molar-refractivity contribution in [3.05, 3.63) is 52.9 Å². The van der Waals surface area contributed by atoms with Gasteiger partial charge in [0, 0.05) is 4.47 Å². The molecule has 0 saturated heterocycles. The zero-order valence-corrected chi connectivity index (χ0v) is 14.2. The van der Waals surface area contributed by atoms with Gasteiger partial charge in [0.05, 0.1) is 26.9 Å². The third-order valence-electron chi connectivity index (χ3n) is 3.25. The van der Waals surface area contributed by atoms with Crippen molar-refractivity contribution in [3.63, 3.8) is 0 Å². The monoisotopic (exact) mass is 367 g/mol. The molecule has 1 aromatic carbocycles. The number of likely N-dealkylation sites (N-methyl/N-ethyl adjacent to an activating group) is 1. The predicted octanol–water partition coefficient (Wildman–Crippen LogP) is 1.42. The average Bonchev–Trinajstić information content (AvgIpc) is 2.99. The third kappa shape index (κ3) is 4.89. The summed E-state index contributed by atoms with van der Waals surface area (Å²) in [5, 5.41) is 2.88. The van der Waals surface area contributed by atoms with Gasteiger partial charge in [-0.3, -0.25) is 4.79 Å². The van der Waals surface area contributed by atoms with Gasteiger partial charge in [0.2, 0.25) is 0 Å². The molecule has 1 atom stereocenters. The van der Waals surface area contributed by atoms with Crippen LogP contribution in [0.25, 0.3) is 0 Å². The topological polar surface area (TPSA) is 55.9 Å². The number of rotatable bonds is 7. The Labute approximate surface area is 138 Å². The Kier molecular flexibility index (Phi) is 6.03. The first-order chi connectivity index (χ1) is 10.6. The zero-order valence-electron chi connectivity index (χ0n) is 12.6. The lowest BCUT2D eigenvalue weighted by Gasteiger charge is -2.19. The van der Waals surface area contributed by atoms with Gasteiger partial charge in [0.25, 0.3) is 5.91 Å². The summed E-state index contributed by atoms with van der Waals surface area (Å²) in [5.74, 6) is 1.36. The average molecular weight is 368 g/mol. The van der Waals surface area contributed by atoms with Gasteiger partial charge in [-0.1, -0.05) is 22.0 Å². The van der Waals surface area contributed by atoms with Crippen molar-refractivity contribution in [1.29, 1.82) is 0 Å². The molecule has 0 saturated carbocycles. The van der Waals surface area contributed by atoms with Gasteiger partial charge in [-0.2, -0.15) is 0 Å². The van der Waals surface area contributed by atoms with Gasteiger partial charge in [-0.25, -0.2) is 0 Å². The summed E-state index contributed by atoms with van der Waals surface area (Å²) in [5.41, 5.74) is 0. The Morgan fingerprint density at radius 1 is 1.36 bits per heavy atom. The van der Waals surface area contributed by atoms with Crippen molar-refractivity contribution in [3.8, 4) is 5.75 Å². The number of carbonyl (C=O) groups is 1. The molecule has 2 rings (SSSR count). The predicted molar refractivity (Wildman–Crippen MR) is 86.9 cm³/mol. The van der Waals surface area contributed by atoms with Crippen LogP contribution < -0.4 is 15.0 Å². The fourth-order valence-corrected chi connectivity index (χ4v) is 2.43. The smallest absolute Gasteiger partial charge is 0.258 e. The summed E-state index contributed by atoms with van der Waals surface area (Å²) in [6.45, 7) is 0.487. The quantitative estimate of drug-likeness (QED) is 0.778. The standard InChI is InChI=1S/C16H19BrN2O3/c1-19(2)14(15-7-4-8-21-15)10-18-16(20)11-22-13-6-3-5-12(17)9-13/h3-9,14H,10-11H2,1-2H3,(H,18,20)/p+1/t14-/m0/s1. The zero-order chi connectivity index (χ0) is 15.9. The van der Waals surface area contributed by atoms with Gasteiger partial charge in [-0.05, 0) is 30.3 Å². The Balaban J connectivity index is 1.81. The second-order valence-corrected chi connectivity index (χ2v) is 6.11. The van der Waals surface area contributed by atoms with E-state index < -0.39 is 0 Å². The molecule has 0 aliphatic carbocycles. The van der Waals surface area contributed by atoms with E-state index in [9.17, 15) is 4.79 Å². The summed E-state index contributed by atoms with van der Waals surface area (Å²) in [6, 6.07) is 11.2. The van der Waals surface area contributed by atoms with Gasteiger partial charge in [0.1, 0.15) is 5.75 Å². The van der Waals surface area contributed by atoms with E-state index in [-0.39, 0.29) is 18.6 Å². The van der Waals surface area contributed by atoms with Crippen LogP contribution in [0.1, 0.15) is 11.8 Å². The molecule has 2 aromatic rings. The maximum atomic E-state index is 11.9. The molecule has 2 N–H and O–H groups in total. The van der Waals surface area contributed by atoms with Crippen molar-refractivity contribution in [2.75, 3.05) is 27.2 Å². The van der Waals surface area contributed by atoms with E-state index in [2.05, 4.69) is 21.2 Å². The number of hydrogen-bond acceptors (Lipinski definition) is 3. The fraction of sp³-hybridized carbons (Fsp3) is 0.312. The van der Waals surface area contributed by atoms with Crippen molar-refractivity contribution >= 4 is 21.8 Å². The number of benzene rings is 1. The highest BCUT2D eigenvalue weighted by Gasteiger charge is 2.21. The molecule has 0 bridgehead atoms. The molecule has 1 heterocycles. The summed E-state index contributed by atoms with van der Waals surface area (Å²) < 4.78 is 11.8. The largest absolute Gasteiger partial charge is 0.484 e. The van der Waals surface area contributed by atoms with Crippen LogP contribution in [0, 0.1) is 0 Å². The fourth-order valence-electron chi connectivity index (χ4n) is 2.05. The van der Waals surface area contributed by atoms with Crippen LogP contribution in [0.5, 0.6) is 5.75 Å². The molecule has 0 aliphatic heterocycles. The number of carbonyl (C=O) groups excluding carboxylic acids is 1. The number of hydrogen-bond donors (Lipinski definition) is 2. The minimum absolute atomic E-state index is 0.00983. The maximum absolute atomic E-state index is 11.9. The van der Waals surface area contributed by atoms with Crippen LogP contribution in [0.3, 0.4) is 0 Å². The Morgan fingerprint density at radius 2 is 2.18 bits per heavy atom. The van der Waals surface area contributed by atoms with E-state index in [0.29, 0.717) is 12.3 Å². The molecule has 0 unspecified atom stereocenters. The first kappa shape index (κ1) is 16.6. The summed E-state index contributed by atoms with van der Waals surface area (Å²) in [7, 11) is 4.05. The van der Waals surface area contributed by atoms with Gasteiger partial charge in [0.15, 0.2) is 18.4 Å². The Bertz CT molecular complexity index is 599. The SMILES string of the molecule is C[NH+](C)[C@@H](CNC(=O)COc1cccc(Br)c1)c1ccco1. The molecule has 6 heteroatoms. The molecule has 0 radical (unpaired) electrons. The first-order valence-electron chi connectivity index (χ1n) is 7.05. The number of quaternary nitrogens is 1. The third-order valence-corrected chi connectivity index (χ3v) is 3.75. The second kappa shape index (κ2) is 8.00. The number of nitrogens with one attached hydrogen (secondary N) is 2. The highest BCUT2D eigenvalue weighted by Crippen LogP contribution is 2.17. The molecule has 1 amide bonds. The molecule has 22 heavy (non-hydrogen) atoms. The number of halogens is 1. The van der Waals surface area contributed by atoms with Crippen LogP contribution in [0.15, 0.2) is 51.6 Å². The molecule has 1 aromatic heterocycles. The van der Waals surface area contributed by atoms with Crippen LogP contribution in [0.2, 0.25) is 0 Å². The van der Waals surface area contributed by atoms with E-state index in [4.69, 9.17) is 9.15 Å². The molecule has 0 spiro atoms. The number of furan rings is 1. The van der Waals surface area contributed by atoms with E-state index in [1.807, 2.05) is 50.5 Å². The highest BCUT2D eigenvalue weighted by molar-refractivity contribution is 9.10. The van der Waals surface area contributed by atoms with Crippen LogP contribution in [-0.4, -0.2) is 33.2 Å².